The summed E-state index contributed by atoms with van der Waals surface area (Å²) >= 11 is 1.42. The first-order valence-electron chi connectivity index (χ1n) is 6.49. The van der Waals surface area contributed by atoms with Crippen LogP contribution < -0.4 is 11.1 Å². The number of hydrogen-bond donors (Lipinski definition) is 2. The van der Waals surface area contributed by atoms with Gasteiger partial charge >= 0.3 is 0 Å². The lowest BCUT2D eigenvalue weighted by Crippen LogP contribution is -2.43. The fraction of sp³-hybridized carbons (Fsp3) is 0.846. The summed E-state index contributed by atoms with van der Waals surface area (Å²) in [5.41, 5.74) is 5.78. The van der Waals surface area contributed by atoms with Gasteiger partial charge in [0.05, 0.1) is 0 Å². The monoisotopic (exact) mass is 270 g/mol. The summed E-state index contributed by atoms with van der Waals surface area (Å²) in [4.78, 5) is 4.56. The van der Waals surface area contributed by atoms with Gasteiger partial charge in [-0.05, 0) is 19.3 Å². The second-order valence-corrected chi connectivity index (χ2v) is 7.41. The summed E-state index contributed by atoms with van der Waals surface area (Å²) < 4.78 is 4.41. The lowest BCUT2D eigenvalue weighted by atomic mass is 9.91. The Morgan fingerprint density at radius 3 is 2.28 bits per heavy atom. The number of hydrogen-bond acceptors (Lipinski definition) is 5. The quantitative estimate of drug-likeness (QED) is 0.863. The Labute approximate surface area is 115 Å². The van der Waals surface area contributed by atoms with Crippen LogP contribution in [0.2, 0.25) is 0 Å². The minimum Gasteiger partial charge on any atom is -0.354 e. The van der Waals surface area contributed by atoms with Crippen LogP contribution >= 0.6 is 11.5 Å². The van der Waals surface area contributed by atoms with Crippen LogP contribution in [0.5, 0.6) is 0 Å². The summed E-state index contributed by atoms with van der Waals surface area (Å²) in [6.45, 7) is 13.5. The van der Waals surface area contributed by atoms with E-state index in [1.807, 2.05) is 0 Å². The average molecular weight is 270 g/mol. The topological polar surface area (TPSA) is 63.8 Å². The third-order valence-electron chi connectivity index (χ3n) is 2.81. The molecule has 1 atom stereocenters. The van der Waals surface area contributed by atoms with E-state index in [1.165, 1.54) is 11.5 Å². The van der Waals surface area contributed by atoms with Gasteiger partial charge in [-0.25, -0.2) is 4.98 Å². The van der Waals surface area contributed by atoms with Crippen LogP contribution in [0.1, 0.15) is 53.8 Å². The van der Waals surface area contributed by atoms with Crippen LogP contribution in [0.4, 0.5) is 5.13 Å². The molecule has 3 N–H and O–H groups in total. The predicted octanol–water partition coefficient (Wildman–Crippen LogP) is 3.01. The van der Waals surface area contributed by atoms with Crippen molar-refractivity contribution in [2.75, 3.05) is 11.9 Å². The number of rotatable bonds is 5. The Kier molecular flexibility index (Phi) is 4.72. The summed E-state index contributed by atoms with van der Waals surface area (Å²) in [7, 11) is 0. The van der Waals surface area contributed by atoms with Gasteiger partial charge in [-0.2, -0.15) is 4.37 Å². The summed E-state index contributed by atoms with van der Waals surface area (Å²) in [6.07, 6.45) is 1.02. The van der Waals surface area contributed by atoms with E-state index < -0.39 is 0 Å². The summed E-state index contributed by atoms with van der Waals surface area (Å²) in [6, 6.07) is 0. The van der Waals surface area contributed by atoms with Crippen molar-refractivity contribution >= 4 is 16.7 Å². The van der Waals surface area contributed by atoms with Gasteiger partial charge in [-0.3, -0.25) is 0 Å². The SMILES string of the molecule is CC(C)CC(C)(CN)Nc1nc(C(C)(C)C)ns1. The zero-order chi connectivity index (χ0) is 14.0. The largest absolute Gasteiger partial charge is 0.354 e. The van der Waals surface area contributed by atoms with Gasteiger partial charge in [0, 0.05) is 29.0 Å². The van der Waals surface area contributed by atoms with E-state index in [0.29, 0.717) is 12.5 Å². The van der Waals surface area contributed by atoms with Crippen LogP contribution in [0, 0.1) is 5.92 Å². The molecule has 0 amide bonds. The molecule has 0 bridgehead atoms. The van der Waals surface area contributed by atoms with Gasteiger partial charge in [0.15, 0.2) is 0 Å². The number of nitrogens with one attached hydrogen (secondary N) is 1. The molecule has 1 aromatic rings. The van der Waals surface area contributed by atoms with E-state index in [9.17, 15) is 0 Å². The zero-order valence-corrected chi connectivity index (χ0v) is 13.2. The molecule has 1 aromatic heterocycles. The van der Waals surface area contributed by atoms with Crippen molar-refractivity contribution in [3.05, 3.63) is 5.82 Å². The van der Waals surface area contributed by atoms with Gasteiger partial charge in [0.25, 0.3) is 0 Å². The molecule has 0 fully saturated rings. The number of anilines is 1. The van der Waals surface area contributed by atoms with Crippen molar-refractivity contribution < 1.29 is 0 Å². The lowest BCUT2D eigenvalue weighted by molar-refractivity contribution is 0.406. The molecule has 0 spiro atoms. The molecule has 0 aliphatic heterocycles. The molecule has 5 heteroatoms. The molecule has 1 rings (SSSR count). The van der Waals surface area contributed by atoms with E-state index in [2.05, 4.69) is 56.2 Å². The summed E-state index contributed by atoms with van der Waals surface area (Å²) in [5, 5.41) is 4.32. The second kappa shape index (κ2) is 5.53. The third-order valence-corrected chi connectivity index (χ3v) is 3.45. The van der Waals surface area contributed by atoms with Gasteiger partial charge in [0.1, 0.15) is 5.82 Å². The van der Waals surface area contributed by atoms with E-state index >= 15 is 0 Å². The normalized spacial score (nSPS) is 15.8. The van der Waals surface area contributed by atoms with Gasteiger partial charge in [-0.15, -0.1) is 0 Å². The minimum atomic E-state index is -0.108. The molecule has 18 heavy (non-hydrogen) atoms. The lowest BCUT2D eigenvalue weighted by Gasteiger charge is -2.30. The predicted molar refractivity (Wildman–Crippen MR) is 79.1 cm³/mol. The van der Waals surface area contributed by atoms with Gasteiger partial charge in [-0.1, -0.05) is 34.6 Å². The molecular weight excluding hydrogens is 244 g/mol. The molecule has 104 valence electrons. The van der Waals surface area contributed by atoms with Crippen LogP contribution in [0.25, 0.3) is 0 Å². The highest BCUT2D eigenvalue weighted by molar-refractivity contribution is 7.09. The molecule has 0 aliphatic rings. The number of aromatic nitrogens is 2. The molecular formula is C13H26N4S. The first-order valence-corrected chi connectivity index (χ1v) is 7.26. The van der Waals surface area contributed by atoms with Gasteiger partial charge in [0.2, 0.25) is 5.13 Å². The highest BCUT2D eigenvalue weighted by Gasteiger charge is 2.26. The van der Waals surface area contributed by atoms with E-state index in [-0.39, 0.29) is 11.0 Å². The van der Waals surface area contributed by atoms with Crippen molar-refractivity contribution in [1.82, 2.24) is 9.36 Å². The molecule has 1 unspecified atom stereocenters. The molecule has 1 heterocycles. The number of nitrogens with two attached hydrogens (primary N) is 1. The van der Waals surface area contributed by atoms with Crippen molar-refractivity contribution in [2.45, 2.75) is 58.9 Å². The molecule has 0 saturated heterocycles. The first-order chi connectivity index (χ1) is 8.16. The van der Waals surface area contributed by atoms with Crippen LogP contribution in [-0.4, -0.2) is 21.4 Å². The van der Waals surface area contributed by atoms with Gasteiger partial charge < -0.3 is 11.1 Å². The zero-order valence-electron chi connectivity index (χ0n) is 12.4. The third kappa shape index (κ3) is 4.21. The van der Waals surface area contributed by atoms with Crippen molar-refractivity contribution in [3.8, 4) is 0 Å². The van der Waals surface area contributed by atoms with Crippen LogP contribution in [0.15, 0.2) is 0 Å². The Morgan fingerprint density at radius 2 is 1.89 bits per heavy atom. The Bertz CT molecular complexity index is 381. The van der Waals surface area contributed by atoms with Crippen LogP contribution in [-0.2, 0) is 5.41 Å². The Morgan fingerprint density at radius 1 is 1.28 bits per heavy atom. The van der Waals surface area contributed by atoms with E-state index in [0.717, 1.165) is 17.4 Å². The maximum atomic E-state index is 5.89. The fourth-order valence-electron chi connectivity index (χ4n) is 1.92. The smallest absolute Gasteiger partial charge is 0.203 e. The molecule has 0 aromatic carbocycles. The maximum Gasteiger partial charge on any atom is 0.203 e. The van der Waals surface area contributed by atoms with Crippen molar-refractivity contribution in [3.63, 3.8) is 0 Å². The summed E-state index contributed by atoms with van der Waals surface area (Å²) in [5.74, 6) is 1.49. The highest BCUT2D eigenvalue weighted by Crippen LogP contribution is 2.26. The highest BCUT2D eigenvalue weighted by atomic mass is 32.1. The molecule has 4 nitrogen and oxygen atoms in total. The average Bonchev–Trinajstić information content (AvgIpc) is 2.64. The first kappa shape index (κ1) is 15.4. The maximum absolute atomic E-state index is 5.89. The Hall–Kier alpha value is -0.680. The Balaban J connectivity index is 2.80. The second-order valence-electron chi connectivity index (χ2n) is 6.66. The molecule has 0 saturated carbocycles. The number of nitrogens with zero attached hydrogens (tertiary/aromatic N) is 2. The van der Waals surface area contributed by atoms with Crippen molar-refractivity contribution in [1.29, 1.82) is 0 Å². The van der Waals surface area contributed by atoms with E-state index in [4.69, 9.17) is 5.73 Å². The van der Waals surface area contributed by atoms with E-state index in [1.54, 1.807) is 0 Å². The standard InChI is InChI=1S/C13H26N4S/c1-9(2)7-13(6,8-14)16-11-15-10(17-18-11)12(3,4)5/h9H,7-8,14H2,1-6H3,(H,15,16,17). The molecule has 0 radical (unpaired) electrons. The molecule has 0 aliphatic carbocycles. The fourth-order valence-corrected chi connectivity index (χ4v) is 2.83. The van der Waals surface area contributed by atoms with Crippen LogP contribution in [0.3, 0.4) is 0 Å². The van der Waals surface area contributed by atoms with Crippen molar-refractivity contribution in [2.24, 2.45) is 11.7 Å². The minimum absolute atomic E-state index is 0.00636.